The van der Waals surface area contributed by atoms with Gasteiger partial charge in [-0.15, -0.1) is 0 Å². The van der Waals surface area contributed by atoms with E-state index in [1.807, 2.05) is 35.0 Å². The highest BCUT2D eigenvalue weighted by Gasteiger charge is 2.22. The van der Waals surface area contributed by atoms with Crippen molar-refractivity contribution < 1.29 is 19.0 Å². The first-order valence-electron chi connectivity index (χ1n) is 11.5. The Hall–Kier alpha value is -4.11. The maximum atomic E-state index is 11.8. The topological polar surface area (TPSA) is 99.5 Å². The predicted octanol–water partition coefficient (Wildman–Crippen LogP) is 3.84. The van der Waals surface area contributed by atoms with Crippen molar-refractivity contribution >= 4 is 22.8 Å². The number of hydrogen-bond donors (Lipinski definition) is 2. The van der Waals surface area contributed by atoms with Crippen LogP contribution < -0.4 is 20.1 Å². The lowest BCUT2D eigenvalue weighted by molar-refractivity contribution is 0.0600. The zero-order valence-corrected chi connectivity index (χ0v) is 19.7. The van der Waals surface area contributed by atoms with Crippen molar-refractivity contribution in [2.24, 2.45) is 0 Å². The Morgan fingerprint density at radius 3 is 2.54 bits per heavy atom. The molecule has 3 heterocycles. The fourth-order valence-electron chi connectivity index (χ4n) is 4.15. The average Bonchev–Trinajstić information content (AvgIpc) is 3.53. The number of esters is 1. The van der Waals surface area contributed by atoms with Crippen LogP contribution in [0.2, 0.25) is 0 Å². The summed E-state index contributed by atoms with van der Waals surface area (Å²) in [5.74, 6) is 2.38. The Morgan fingerprint density at radius 2 is 1.86 bits per heavy atom. The number of carbonyl (C=O) groups is 1. The van der Waals surface area contributed by atoms with E-state index in [9.17, 15) is 4.79 Å². The van der Waals surface area contributed by atoms with E-state index in [-0.39, 0.29) is 12.0 Å². The van der Waals surface area contributed by atoms with E-state index in [0.29, 0.717) is 23.6 Å². The van der Waals surface area contributed by atoms with Gasteiger partial charge < -0.3 is 24.8 Å². The average molecular weight is 474 g/mol. The fourth-order valence-corrected chi connectivity index (χ4v) is 4.15. The molecule has 4 aromatic rings. The van der Waals surface area contributed by atoms with E-state index in [2.05, 4.69) is 15.6 Å². The molecule has 0 spiro atoms. The third-order valence-corrected chi connectivity index (χ3v) is 5.99. The maximum Gasteiger partial charge on any atom is 0.337 e. The quantitative estimate of drug-likeness (QED) is 0.373. The van der Waals surface area contributed by atoms with Gasteiger partial charge in [0.2, 0.25) is 0 Å². The Morgan fingerprint density at radius 1 is 1.09 bits per heavy atom. The number of carbonyl (C=O) groups excluding carboxylic acids is 1. The van der Waals surface area contributed by atoms with Crippen molar-refractivity contribution in [2.75, 3.05) is 32.6 Å². The normalized spacial score (nSPS) is 15.2. The molecular weight excluding hydrogens is 446 g/mol. The summed E-state index contributed by atoms with van der Waals surface area (Å²) in [6.07, 6.45) is 2.73. The number of pyridine rings is 1. The molecule has 1 fully saturated rings. The standard InChI is InChI=1S/C26H27N5O4/c1-33-20-7-3-17(4-8-20)16-31-25-23(24(30-31)29-19-11-13-27-15-19)22(12-14-28-25)35-21-9-5-18(6-10-21)26(32)34-2/h3-10,12,14,19,27H,11,13,15-16H2,1-2H3,(H,29,30). The van der Waals surface area contributed by atoms with Crippen molar-refractivity contribution in [3.05, 3.63) is 71.9 Å². The molecule has 180 valence electrons. The Labute approximate surface area is 203 Å². The lowest BCUT2D eigenvalue weighted by Gasteiger charge is -2.12. The van der Waals surface area contributed by atoms with Gasteiger partial charge in [0.25, 0.3) is 0 Å². The molecule has 0 bridgehead atoms. The van der Waals surface area contributed by atoms with Gasteiger partial charge in [0.05, 0.1) is 26.3 Å². The fraction of sp³-hybridized carbons (Fsp3) is 0.269. The highest BCUT2D eigenvalue weighted by Crippen LogP contribution is 2.35. The van der Waals surface area contributed by atoms with Crippen LogP contribution in [0.25, 0.3) is 11.0 Å². The Bertz CT molecular complexity index is 1310. The lowest BCUT2D eigenvalue weighted by Crippen LogP contribution is -2.22. The molecule has 9 heteroatoms. The molecular formula is C26H27N5O4. The monoisotopic (exact) mass is 473 g/mol. The zero-order valence-electron chi connectivity index (χ0n) is 19.7. The van der Waals surface area contributed by atoms with Gasteiger partial charge >= 0.3 is 5.97 Å². The van der Waals surface area contributed by atoms with Crippen molar-refractivity contribution in [3.63, 3.8) is 0 Å². The molecule has 0 aliphatic carbocycles. The SMILES string of the molecule is COC(=O)c1ccc(Oc2ccnc3c2c(NC2CCNC2)nn3Cc2ccc(OC)cc2)cc1. The van der Waals surface area contributed by atoms with Gasteiger partial charge in [-0.25, -0.2) is 14.5 Å². The molecule has 9 nitrogen and oxygen atoms in total. The summed E-state index contributed by atoms with van der Waals surface area (Å²) < 4.78 is 18.2. The van der Waals surface area contributed by atoms with Crippen LogP contribution in [0.5, 0.6) is 17.2 Å². The van der Waals surface area contributed by atoms with Gasteiger partial charge in [0.1, 0.15) is 22.6 Å². The number of rotatable bonds is 8. The first-order chi connectivity index (χ1) is 17.1. The van der Waals surface area contributed by atoms with Crippen LogP contribution in [0.15, 0.2) is 60.8 Å². The van der Waals surface area contributed by atoms with E-state index in [4.69, 9.17) is 19.3 Å². The molecule has 0 saturated carbocycles. The van der Waals surface area contributed by atoms with E-state index in [1.54, 1.807) is 37.6 Å². The summed E-state index contributed by atoms with van der Waals surface area (Å²) in [4.78, 5) is 16.4. The summed E-state index contributed by atoms with van der Waals surface area (Å²) >= 11 is 0. The number of hydrogen-bond acceptors (Lipinski definition) is 8. The smallest absolute Gasteiger partial charge is 0.337 e. The predicted molar refractivity (Wildman–Crippen MR) is 132 cm³/mol. The van der Waals surface area contributed by atoms with Crippen LogP contribution >= 0.6 is 0 Å². The first-order valence-corrected chi connectivity index (χ1v) is 11.5. The molecule has 5 rings (SSSR count). The number of anilines is 1. The molecule has 0 radical (unpaired) electrons. The van der Waals surface area contributed by atoms with Crippen LogP contribution in [0.1, 0.15) is 22.3 Å². The van der Waals surface area contributed by atoms with Crippen LogP contribution in [0, 0.1) is 0 Å². The van der Waals surface area contributed by atoms with Crippen LogP contribution in [-0.2, 0) is 11.3 Å². The van der Waals surface area contributed by atoms with E-state index < -0.39 is 0 Å². The lowest BCUT2D eigenvalue weighted by atomic mass is 10.2. The minimum atomic E-state index is -0.390. The Balaban J connectivity index is 1.50. The second-order valence-electron chi connectivity index (χ2n) is 8.31. The molecule has 1 aliphatic rings. The van der Waals surface area contributed by atoms with Gasteiger partial charge in [-0.05, 0) is 54.9 Å². The summed E-state index contributed by atoms with van der Waals surface area (Å²) in [5.41, 5.74) is 2.26. The number of nitrogens with zero attached hydrogens (tertiary/aromatic N) is 3. The van der Waals surface area contributed by atoms with Crippen LogP contribution in [0.3, 0.4) is 0 Å². The second kappa shape index (κ2) is 10.0. The van der Waals surface area contributed by atoms with Gasteiger partial charge in [-0.2, -0.15) is 5.10 Å². The largest absolute Gasteiger partial charge is 0.497 e. The molecule has 0 amide bonds. The van der Waals surface area contributed by atoms with Crippen molar-refractivity contribution in [3.8, 4) is 17.2 Å². The van der Waals surface area contributed by atoms with E-state index in [0.717, 1.165) is 47.7 Å². The van der Waals surface area contributed by atoms with Gasteiger partial charge in [0.15, 0.2) is 11.5 Å². The number of aromatic nitrogens is 3. The third-order valence-electron chi connectivity index (χ3n) is 5.99. The van der Waals surface area contributed by atoms with E-state index in [1.165, 1.54) is 7.11 Å². The summed E-state index contributed by atoms with van der Waals surface area (Å²) in [5, 5.41) is 12.6. The molecule has 35 heavy (non-hydrogen) atoms. The van der Waals surface area contributed by atoms with Crippen molar-refractivity contribution in [1.29, 1.82) is 0 Å². The van der Waals surface area contributed by atoms with E-state index >= 15 is 0 Å². The second-order valence-corrected chi connectivity index (χ2v) is 8.31. The highest BCUT2D eigenvalue weighted by molar-refractivity contribution is 5.94. The van der Waals surface area contributed by atoms with Crippen molar-refractivity contribution in [1.82, 2.24) is 20.1 Å². The minimum absolute atomic E-state index is 0.273. The summed E-state index contributed by atoms with van der Waals surface area (Å²) in [6, 6.07) is 16.8. The van der Waals surface area contributed by atoms with Gasteiger partial charge in [-0.3, -0.25) is 0 Å². The van der Waals surface area contributed by atoms with Crippen LogP contribution in [-0.4, -0.2) is 54.1 Å². The molecule has 2 N–H and O–H groups in total. The molecule has 1 aliphatic heterocycles. The zero-order chi connectivity index (χ0) is 24.2. The number of fused-ring (bicyclic) bond motifs is 1. The van der Waals surface area contributed by atoms with Gasteiger partial charge in [-0.1, -0.05) is 12.1 Å². The highest BCUT2D eigenvalue weighted by atomic mass is 16.5. The number of benzene rings is 2. The Kier molecular flexibility index (Phi) is 6.49. The molecule has 2 aromatic heterocycles. The summed E-state index contributed by atoms with van der Waals surface area (Å²) in [7, 11) is 3.01. The number of methoxy groups -OCH3 is 2. The van der Waals surface area contributed by atoms with Crippen molar-refractivity contribution in [2.45, 2.75) is 19.0 Å². The number of ether oxygens (including phenoxy) is 3. The van der Waals surface area contributed by atoms with Gasteiger partial charge in [0, 0.05) is 24.8 Å². The molecule has 1 unspecified atom stereocenters. The molecule has 1 atom stereocenters. The molecule has 2 aromatic carbocycles. The minimum Gasteiger partial charge on any atom is -0.497 e. The first kappa shape index (κ1) is 22.7. The molecule has 1 saturated heterocycles. The number of nitrogens with one attached hydrogen (secondary N) is 2. The maximum absolute atomic E-state index is 11.8. The third kappa shape index (κ3) is 4.90. The van der Waals surface area contributed by atoms with Crippen LogP contribution in [0.4, 0.5) is 5.82 Å². The summed E-state index contributed by atoms with van der Waals surface area (Å²) in [6.45, 7) is 2.39.